The van der Waals surface area contributed by atoms with Crippen LogP contribution in [-0.2, 0) is 14.8 Å². The first kappa shape index (κ1) is 19.3. The fourth-order valence-corrected chi connectivity index (χ4v) is 3.83. The molecule has 0 aliphatic rings. The number of hydrogen-bond donors (Lipinski definition) is 1. The second kappa shape index (κ2) is 8.36. The lowest BCUT2D eigenvalue weighted by atomic mass is 9.99. The number of anilines is 1. The molecule has 0 radical (unpaired) electrons. The van der Waals surface area contributed by atoms with Crippen LogP contribution in [0.4, 0.5) is 5.69 Å². The quantitative estimate of drug-likeness (QED) is 0.584. The number of aryl methyl sites for hydroxylation is 1. The Morgan fingerprint density at radius 2 is 1.84 bits per heavy atom. The van der Waals surface area contributed by atoms with Gasteiger partial charge in [0, 0.05) is 11.6 Å². The van der Waals surface area contributed by atoms with E-state index in [2.05, 4.69) is 9.46 Å². The lowest BCUT2D eigenvalue weighted by Gasteiger charge is -2.11. The molecule has 0 amide bonds. The van der Waals surface area contributed by atoms with Crippen LogP contribution in [-0.4, -0.2) is 33.1 Å². The number of methoxy groups -OCH3 is 1. The summed E-state index contributed by atoms with van der Waals surface area (Å²) in [4.78, 5) is 11.5. The van der Waals surface area contributed by atoms with Crippen LogP contribution in [0.25, 0.3) is 11.1 Å². The van der Waals surface area contributed by atoms with Crippen molar-refractivity contribution in [2.45, 2.75) is 13.3 Å². The highest BCUT2D eigenvalue weighted by Gasteiger charge is 2.11. The third-order valence-corrected chi connectivity index (χ3v) is 5.30. The Hall–Kier alpha value is -2.05. The minimum Gasteiger partial charge on any atom is -0.465 e. The molecule has 0 aliphatic heterocycles. The van der Waals surface area contributed by atoms with Gasteiger partial charge in [0.05, 0.1) is 18.4 Å². The maximum atomic E-state index is 11.9. The number of esters is 1. The number of ether oxygens (including phenoxy) is 1. The molecule has 0 unspecified atom stereocenters. The van der Waals surface area contributed by atoms with Gasteiger partial charge in [0.15, 0.2) is 0 Å². The molecule has 0 aliphatic carbocycles. The monoisotopic (exact) mass is 381 g/mol. The molecule has 0 bridgehead atoms. The second-order valence-corrected chi connectivity index (χ2v) is 7.78. The lowest BCUT2D eigenvalue weighted by Crippen LogP contribution is -2.17. The van der Waals surface area contributed by atoms with E-state index >= 15 is 0 Å². The van der Waals surface area contributed by atoms with E-state index < -0.39 is 10.0 Å². The van der Waals surface area contributed by atoms with E-state index in [4.69, 9.17) is 11.6 Å². The van der Waals surface area contributed by atoms with Crippen LogP contribution < -0.4 is 4.72 Å². The van der Waals surface area contributed by atoms with E-state index in [1.807, 2.05) is 25.1 Å². The Labute approximate surface area is 153 Å². The molecule has 2 aromatic carbocycles. The van der Waals surface area contributed by atoms with Crippen molar-refractivity contribution in [3.63, 3.8) is 0 Å². The summed E-state index contributed by atoms with van der Waals surface area (Å²) < 4.78 is 31.1. The van der Waals surface area contributed by atoms with E-state index in [0.717, 1.165) is 16.7 Å². The molecule has 0 atom stereocenters. The van der Waals surface area contributed by atoms with Crippen LogP contribution >= 0.6 is 11.6 Å². The molecule has 25 heavy (non-hydrogen) atoms. The predicted octanol–water partition coefficient (Wildman–Crippen LogP) is 3.82. The van der Waals surface area contributed by atoms with Gasteiger partial charge in [-0.05, 0) is 54.3 Å². The number of sulfonamides is 1. The number of rotatable bonds is 7. The zero-order chi connectivity index (χ0) is 18.4. The summed E-state index contributed by atoms with van der Waals surface area (Å²) in [7, 11) is -2.05. The van der Waals surface area contributed by atoms with Gasteiger partial charge < -0.3 is 4.74 Å². The number of benzene rings is 2. The van der Waals surface area contributed by atoms with Crippen LogP contribution in [0.5, 0.6) is 0 Å². The highest BCUT2D eigenvalue weighted by Crippen LogP contribution is 2.27. The number of alkyl halides is 1. The van der Waals surface area contributed by atoms with Crippen LogP contribution in [0.3, 0.4) is 0 Å². The molecule has 5 nitrogen and oxygen atoms in total. The number of nitrogens with one attached hydrogen (secondary N) is 1. The summed E-state index contributed by atoms with van der Waals surface area (Å²) in [5.41, 5.74) is 3.81. The standard InChI is InChI=1S/C18H20ClNO4S/c1-13-12-16(20-25(22,23)11-3-10-19)8-9-17(13)14-4-6-15(7-5-14)18(21)24-2/h4-9,12,20H,3,10-11H2,1-2H3. The van der Waals surface area contributed by atoms with Crippen molar-refractivity contribution in [1.29, 1.82) is 0 Å². The van der Waals surface area contributed by atoms with Crippen molar-refractivity contribution in [2.75, 3.05) is 23.5 Å². The van der Waals surface area contributed by atoms with Gasteiger partial charge in [-0.1, -0.05) is 18.2 Å². The first-order chi connectivity index (χ1) is 11.9. The topological polar surface area (TPSA) is 72.5 Å². The fraction of sp³-hybridized carbons (Fsp3) is 0.278. The van der Waals surface area contributed by atoms with Gasteiger partial charge in [0.2, 0.25) is 10.0 Å². The van der Waals surface area contributed by atoms with Crippen molar-refractivity contribution in [1.82, 2.24) is 0 Å². The molecule has 0 aromatic heterocycles. The molecule has 0 saturated heterocycles. The largest absolute Gasteiger partial charge is 0.465 e. The summed E-state index contributed by atoms with van der Waals surface area (Å²) in [5, 5.41) is 0. The highest BCUT2D eigenvalue weighted by molar-refractivity contribution is 7.92. The van der Waals surface area contributed by atoms with Gasteiger partial charge in [-0.15, -0.1) is 11.6 Å². The minimum absolute atomic E-state index is 0.00765. The van der Waals surface area contributed by atoms with Gasteiger partial charge >= 0.3 is 5.97 Å². The number of carbonyl (C=O) groups excluding carboxylic acids is 1. The third kappa shape index (κ3) is 5.21. The van der Waals surface area contributed by atoms with Gasteiger partial charge in [-0.2, -0.15) is 0 Å². The van der Waals surface area contributed by atoms with Crippen molar-refractivity contribution in [2.24, 2.45) is 0 Å². The Balaban J connectivity index is 2.20. The summed E-state index contributed by atoms with van der Waals surface area (Å²) in [5.74, 6) is -0.0859. The van der Waals surface area contributed by atoms with Crippen molar-refractivity contribution in [3.05, 3.63) is 53.6 Å². The van der Waals surface area contributed by atoms with E-state index in [1.165, 1.54) is 7.11 Å². The second-order valence-electron chi connectivity index (χ2n) is 5.56. The molecule has 134 valence electrons. The Bertz CT molecular complexity index is 848. The molecule has 2 aromatic rings. The molecular formula is C18H20ClNO4S. The third-order valence-electron chi connectivity index (χ3n) is 3.66. The van der Waals surface area contributed by atoms with Crippen LogP contribution in [0.15, 0.2) is 42.5 Å². The van der Waals surface area contributed by atoms with E-state index in [9.17, 15) is 13.2 Å². The number of halogens is 1. The average molecular weight is 382 g/mol. The van der Waals surface area contributed by atoms with Gasteiger partial charge in [-0.25, -0.2) is 13.2 Å². The highest BCUT2D eigenvalue weighted by atomic mass is 35.5. The van der Waals surface area contributed by atoms with Crippen LogP contribution in [0.2, 0.25) is 0 Å². The normalized spacial score (nSPS) is 11.2. The minimum atomic E-state index is -3.39. The lowest BCUT2D eigenvalue weighted by molar-refractivity contribution is 0.0600. The smallest absolute Gasteiger partial charge is 0.337 e. The summed E-state index contributed by atoms with van der Waals surface area (Å²) in [6.45, 7) is 1.90. The van der Waals surface area contributed by atoms with Crippen molar-refractivity contribution in [3.8, 4) is 11.1 Å². The predicted molar refractivity (Wildman–Crippen MR) is 101 cm³/mol. The Morgan fingerprint density at radius 1 is 1.16 bits per heavy atom. The SMILES string of the molecule is COC(=O)c1ccc(-c2ccc(NS(=O)(=O)CCCCl)cc2C)cc1. The molecule has 0 fully saturated rings. The van der Waals surface area contributed by atoms with E-state index in [1.54, 1.807) is 24.3 Å². The Kier molecular flexibility index (Phi) is 6.45. The summed E-state index contributed by atoms with van der Waals surface area (Å²) >= 11 is 5.54. The molecule has 7 heteroatoms. The van der Waals surface area contributed by atoms with E-state index in [-0.39, 0.29) is 11.7 Å². The maximum Gasteiger partial charge on any atom is 0.337 e. The van der Waals surface area contributed by atoms with Gasteiger partial charge in [-0.3, -0.25) is 4.72 Å². The number of carbonyl (C=O) groups is 1. The van der Waals surface area contributed by atoms with Crippen molar-refractivity contribution >= 4 is 33.3 Å². The molecule has 0 spiro atoms. The molecule has 0 heterocycles. The fourth-order valence-electron chi connectivity index (χ4n) is 2.43. The summed E-state index contributed by atoms with van der Waals surface area (Å²) in [6, 6.07) is 12.4. The first-order valence-corrected chi connectivity index (χ1v) is 9.91. The molecule has 2 rings (SSSR count). The number of hydrogen-bond acceptors (Lipinski definition) is 4. The van der Waals surface area contributed by atoms with Gasteiger partial charge in [0.25, 0.3) is 0 Å². The molecular weight excluding hydrogens is 362 g/mol. The van der Waals surface area contributed by atoms with Crippen molar-refractivity contribution < 1.29 is 17.9 Å². The average Bonchev–Trinajstić information content (AvgIpc) is 2.59. The Morgan fingerprint density at radius 3 is 2.40 bits per heavy atom. The van der Waals surface area contributed by atoms with E-state index in [0.29, 0.717) is 23.6 Å². The molecule has 1 N–H and O–H groups in total. The van der Waals surface area contributed by atoms with Crippen LogP contribution in [0, 0.1) is 6.92 Å². The zero-order valence-electron chi connectivity index (χ0n) is 14.1. The first-order valence-electron chi connectivity index (χ1n) is 7.72. The van der Waals surface area contributed by atoms with Gasteiger partial charge in [0.1, 0.15) is 0 Å². The summed E-state index contributed by atoms with van der Waals surface area (Å²) in [6.07, 6.45) is 0.403. The molecule has 0 saturated carbocycles. The van der Waals surface area contributed by atoms with Crippen LogP contribution in [0.1, 0.15) is 22.3 Å². The maximum absolute atomic E-state index is 11.9. The zero-order valence-corrected chi connectivity index (χ0v) is 15.7.